The van der Waals surface area contributed by atoms with Gasteiger partial charge in [-0.1, -0.05) is 24.3 Å². The van der Waals surface area contributed by atoms with Crippen molar-refractivity contribution in [2.45, 2.75) is 19.3 Å². The van der Waals surface area contributed by atoms with Gasteiger partial charge in [-0.3, -0.25) is 9.78 Å². The van der Waals surface area contributed by atoms with Crippen molar-refractivity contribution in [1.29, 1.82) is 0 Å². The molecule has 2 heterocycles. The first-order valence-electron chi connectivity index (χ1n) is 8.71. The minimum absolute atomic E-state index is 0.0527. The standard InChI is InChI=1S/C20H24N2O3/c23-16-20(11-14-25-17-7-2-1-3-8-17)10-6-13-22(15-20)19(24)18-9-4-5-12-21-18/h1-5,7-9,12,23H,6,10-11,13-16H2. The normalized spacial score (nSPS) is 20.3. The third-order valence-electron chi connectivity index (χ3n) is 4.81. The second kappa shape index (κ2) is 8.12. The molecule has 2 aromatic rings. The quantitative estimate of drug-likeness (QED) is 0.878. The molecule has 5 heteroatoms. The average molecular weight is 340 g/mol. The van der Waals surface area contributed by atoms with Crippen LogP contribution < -0.4 is 4.74 Å². The van der Waals surface area contributed by atoms with Crippen LogP contribution in [0.4, 0.5) is 0 Å². The summed E-state index contributed by atoms with van der Waals surface area (Å²) in [5.74, 6) is 0.759. The molecule has 0 radical (unpaired) electrons. The summed E-state index contributed by atoms with van der Waals surface area (Å²) in [7, 11) is 0. The van der Waals surface area contributed by atoms with Gasteiger partial charge in [-0.25, -0.2) is 0 Å². The topological polar surface area (TPSA) is 62.7 Å². The smallest absolute Gasteiger partial charge is 0.272 e. The molecular formula is C20H24N2O3. The molecule has 0 spiro atoms. The number of benzene rings is 1. The molecule has 1 saturated heterocycles. The number of hydrogen-bond donors (Lipinski definition) is 1. The van der Waals surface area contributed by atoms with E-state index in [0.29, 0.717) is 31.8 Å². The summed E-state index contributed by atoms with van der Waals surface area (Å²) in [5.41, 5.74) is 0.147. The minimum Gasteiger partial charge on any atom is -0.494 e. The Labute approximate surface area is 148 Å². The first-order valence-corrected chi connectivity index (χ1v) is 8.71. The number of rotatable bonds is 6. The molecule has 5 nitrogen and oxygen atoms in total. The van der Waals surface area contributed by atoms with E-state index in [0.717, 1.165) is 18.6 Å². The number of aliphatic hydroxyl groups excluding tert-OH is 1. The number of carbonyl (C=O) groups excluding carboxylic acids is 1. The van der Waals surface area contributed by atoms with Crippen molar-refractivity contribution in [2.75, 3.05) is 26.3 Å². The second-order valence-electron chi connectivity index (χ2n) is 6.61. The van der Waals surface area contributed by atoms with E-state index in [2.05, 4.69) is 4.98 Å². The van der Waals surface area contributed by atoms with Gasteiger partial charge in [0.15, 0.2) is 0 Å². The van der Waals surface area contributed by atoms with Gasteiger partial charge in [-0.05, 0) is 43.5 Å². The Morgan fingerprint density at radius 1 is 1.20 bits per heavy atom. The molecule has 25 heavy (non-hydrogen) atoms. The molecule has 1 aromatic heterocycles. The average Bonchev–Trinajstić information content (AvgIpc) is 2.69. The number of amides is 1. The molecule has 1 aromatic carbocycles. The van der Waals surface area contributed by atoms with Gasteiger partial charge in [0.25, 0.3) is 5.91 Å². The maximum Gasteiger partial charge on any atom is 0.272 e. The Morgan fingerprint density at radius 3 is 2.72 bits per heavy atom. The lowest BCUT2D eigenvalue weighted by molar-refractivity contribution is 0.0153. The largest absolute Gasteiger partial charge is 0.494 e. The van der Waals surface area contributed by atoms with Crippen LogP contribution in [-0.2, 0) is 0 Å². The predicted octanol–water partition coefficient (Wildman–Crippen LogP) is 2.77. The molecule has 132 valence electrons. The van der Waals surface area contributed by atoms with E-state index >= 15 is 0 Å². The summed E-state index contributed by atoms with van der Waals surface area (Å²) in [6.07, 6.45) is 4.12. The Balaban J connectivity index is 1.61. The van der Waals surface area contributed by atoms with Crippen molar-refractivity contribution in [2.24, 2.45) is 5.41 Å². The van der Waals surface area contributed by atoms with E-state index in [9.17, 15) is 9.90 Å². The molecule has 1 fully saturated rings. The van der Waals surface area contributed by atoms with Gasteiger partial charge >= 0.3 is 0 Å². The zero-order valence-electron chi connectivity index (χ0n) is 14.3. The number of nitrogens with zero attached hydrogens (tertiary/aromatic N) is 2. The molecule has 1 amide bonds. The summed E-state index contributed by atoms with van der Waals surface area (Å²) >= 11 is 0. The van der Waals surface area contributed by atoms with E-state index in [4.69, 9.17) is 4.74 Å². The Morgan fingerprint density at radius 2 is 2.00 bits per heavy atom. The molecule has 1 unspecified atom stereocenters. The number of piperidine rings is 1. The number of ether oxygens (including phenoxy) is 1. The lowest BCUT2D eigenvalue weighted by Gasteiger charge is -2.41. The van der Waals surface area contributed by atoms with Crippen LogP contribution in [0.15, 0.2) is 54.7 Å². The predicted molar refractivity (Wildman–Crippen MR) is 95.4 cm³/mol. The second-order valence-corrected chi connectivity index (χ2v) is 6.61. The van der Waals surface area contributed by atoms with Gasteiger partial charge in [0.1, 0.15) is 11.4 Å². The lowest BCUT2D eigenvalue weighted by atomic mass is 9.78. The maximum absolute atomic E-state index is 12.6. The number of para-hydroxylation sites is 1. The van der Waals surface area contributed by atoms with Crippen molar-refractivity contribution in [1.82, 2.24) is 9.88 Å². The van der Waals surface area contributed by atoms with Gasteiger partial charge in [-0.15, -0.1) is 0 Å². The highest BCUT2D eigenvalue weighted by molar-refractivity contribution is 5.92. The number of aliphatic hydroxyl groups is 1. The molecule has 1 N–H and O–H groups in total. The monoisotopic (exact) mass is 340 g/mol. The number of pyridine rings is 1. The molecule has 0 aliphatic carbocycles. The van der Waals surface area contributed by atoms with Crippen LogP contribution in [0.25, 0.3) is 0 Å². The van der Waals surface area contributed by atoms with Crippen LogP contribution in [0.1, 0.15) is 29.8 Å². The summed E-state index contributed by atoms with van der Waals surface area (Å²) < 4.78 is 5.79. The van der Waals surface area contributed by atoms with E-state index < -0.39 is 0 Å². The third-order valence-corrected chi connectivity index (χ3v) is 4.81. The lowest BCUT2D eigenvalue weighted by Crippen LogP contribution is -2.48. The van der Waals surface area contributed by atoms with E-state index in [-0.39, 0.29) is 17.9 Å². The maximum atomic E-state index is 12.6. The van der Waals surface area contributed by atoms with Gasteiger partial charge < -0.3 is 14.7 Å². The first-order chi connectivity index (χ1) is 12.2. The minimum atomic E-state index is -0.308. The van der Waals surface area contributed by atoms with Crippen molar-refractivity contribution in [3.63, 3.8) is 0 Å². The summed E-state index contributed by atoms with van der Waals surface area (Å²) in [4.78, 5) is 18.6. The highest BCUT2D eigenvalue weighted by Crippen LogP contribution is 2.33. The fraction of sp³-hybridized carbons (Fsp3) is 0.400. The number of aromatic nitrogens is 1. The van der Waals surface area contributed by atoms with Crippen LogP contribution >= 0.6 is 0 Å². The Kier molecular flexibility index (Phi) is 5.66. The SMILES string of the molecule is O=C(c1ccccn1)N1CCCC(CO)(CCOc2ccccc2)C1. The summed E-state index contributed by atoms with van der Waals surface area (Å²) in [6.45, 7) is 1.82. The molecule has 1 atom stereocenters. The van der Waals surface area contributed by atoms with Crippen LogP contribution in [0.5, 0.6) is 5.75 Å². The van der Waals surface area contributed by atoms with Gasteiger partial charge in [0.2, 0.25) is 0 Å². The fourth-order valence-corrected chi connectivity index (χ4v) is 3.35. The number of carbonyl (C=O) groups is 1. The molecule has 0 bridgehead atoms. The fourth-order valence-electron chi connectivity index (χ4n) is 3.35. The van der Waals surface area contributed by atoms with Gasteiger partial charge in [0.05, 0.1) is 13.2 Å². The first kappa shape index (κ1) is 17.4. The molecule has 1 aliphatic rings. The van der Waals surface area contributed by atoms with Crippen LogP contribution in [0, 0.1) is 5.41 Å². The van der Waals surface area contributed by atoms with Crippen molar-refractivity contribution < 1.29 is 14.6 Å². The molecule has 3 rings (SSSR count). The highest BCUT2D eigenvalue weighted by atomic mass is 16.5. The van der Waals surface area contributed by atoms with Crippen LogP contribution in [-0.4, -0.2) is 47.2 Å². The van der Waals surface area contributed by atoms with E-state index in [1.807, 2.05) is 41.3 Å². The summed E-state index contributed by atoms with van der Waals surface area (Å²) in [5, 5.41) is 10.00. The number of likely N-dealkylation sites (tertiary alicyclic amines) is 1. The summed E-state index contributed by atoms with van der Waals surface area (Å²) in [6, 6.07) is 15.0. The van der Waals surface area contributed by atoms with Crippen molar-refractivity contribution >= 4 is 5.91 Å². The highest BCUT2D eigenvalue weighted by Gasteiger charge is 2.37. The van der Waals surface area contributed by atoms with E-state index in [1.54, 1.807) is 18.3 Å². The van der Waals surface area contributed by atoms with E-state index in [1.165, 1.54) is 0 Å². The number of hydrogen-bond acceptors (Lipinski definition) is 4. The zero-order chi connectivity index (χ0) is 17.5. The molecular weight excluding hydrogens is 316 g/mol. The van der Waals surface area contributed by atoms with Gasteiger partial charge in [0, 0.05) is 24.7 Å². The molecule has 1 aliphatic heterocycles. The third kappa shape index (κ3) is 4.37. The van der Waals surface area contributed by atoms with Crippen LogP contribution in [0.2, 0.25) is 0 Å². The molecule has 0 saturated carbocycles. The van der Waals surface area contributed by atoms with Crippen molar-refractivity contribution in [3.8, 4) is 5.75 Å². The Bertz CT molecular complexity index is 678. The van der Waals surface area contributed by atoms with Crippen LogP contribution in [0.3, 0.4) is 0 Å². The Hall–Kier alpha value is -2.40. The van der Waals surface area contributed by atoms with Gasteiger partial charge in [-0.2, -0.15) is 0 Å². The zero-order valence-corrected chi connectivity index (χ0v) is 14.3. The van der Waals surface area contributed by atoms with Crippen molar-refractivity contribution in [3.05, 3.63) is 60.4 Å².